The van der Waals surface area contributed by atoms with Gasteiger partial charge in [0.2, 0.25) is 11.7 Å². The smallest absolute Gasteiger partial charge is 0.243 e. The quantitative estimate of drug-likeness (QED) is 0.750. The number of carbonyl (C=O) groups is 1. The molecule has 3 aromatic rings. The maximum Gasteiger partial charge on any atom is 0.243 e. The van der Waals surface area contributed by atoms with Crippen molar-refractivity contribution < 1.29 is 9.53 Å². The fourth-order valence-electron chi connectivity index (χ4n) is 3.17. The van der Waals surface area contributed by atoms with E-state index < -0.39 is 0 Å². The number of ether oxygens (including phenoxy) is 1. The number of amides is 1. The van der Waals surface area contributed by atoms with Crippen molar-refractivity contribution in [2.45, 2.75) is 26.0 Å². The molecule has 4 rings (SSSR count). The lowest BCUT2D eigenvalue weighted by molar-refractivity contribution is -0.122. The van der Waals surface area contributed by atoms with Crippen molar-refractivity contribution in [3.63, 3.8) is 0 Å². The molecule has 138 valence electrons. The van der Waals surface area contributed by atoms with E-state index in [2.05, 4.69) is 32.9 Å². The summed E-state index contributed by atoms with van der Waals surface area (Å²) in [5.41, 5.74) is 4.46. The molecule has 0 saturated carbocycles. The number of fused-ring (bicyclic) bond motifs is 1. The second-order valence-electron chi connectivity index (χ2n) is 6.62. The third kappa shape index (κ3) is 4.03. The van der Waals surface area contributed by atoms with E-state index in [1.165, 1.54) is 10.4 Å². The van der Waals surface area contributed by atoms with Crippen LogP contribution in [0.2, 0.25) is 0 Å². The van der Waals surface area contributed by atoms with Gasteiger partial charge in [-0.3, -0.25) is 4.79 Å². The number of rotatable bonds is 5. The van der Waals surface area contributed by atoms with Gasteiger partial charge in [-0.2, -0.15) is 4.80 Å². The molecule has 1 atom stereocenters. The Morgan fingerprint density at radius 3 is 2.89 bits per heavy atom. The summed E-state index contributed by atoms with van der Waals surface area (Å²) in [5, 5.41) is 15.2. The molecule has 1 amide bonds. The number of hydrogen-bond acceptors (Lipinski definition) is 5. The van der Waals surface area contributed by atoms with E-state index >= 15 is 0 Å². The molecule has 1 N–H and O–H groups in total. The van der Waals surface area contributed by atoms with E-state index in [-0.39, 0.29) is 18.6 Å². The van der Waals surface area contributed by atoms with E-state index in [4.69, 9.17) is 4.74 Å². The van der Waals surface area contributed by atoms with Gasteiger partial charge in [0.15, 0.2) is 0 Å². The number of nitrogens with one attached hydrogen (secondary N) is 1. The molecule has 0 fully saturated rings. The second-order valence-corrected chi connectivity index (χ2v) is 6.62. The summed E-state index contributed by atoms with van der Waals surface area (Å²) in [4.78, 5) is 13.6. The lowest BCUT2D eigenvalue weighted by atomic mass is 9.97. The maximum atomic E-state index is 12.3. The summed E-state index contributed by atoms with van der Waals surface area (Å²) < 4.78 is 5.81. The predicted molar refractivity (Wildman–Crippen MR) is 99.8 cm³/mol. The Kier molecular flexibility index (Phi) is 4.93. The minimum absolute atomic E-state index is 0.0211. The van der Waals surface area contributed by atoms with Gasteiger partial charge in [-0.1, -0.05) is 54.1 Å². The Morgan fingerprint density at radius 2 is 2.04 bits per heavy atom. The highest BCUT2D eigenvalue weighted by Gasteiger charge is 2.21. The average Bonchev–Trinajstić information content (AvgIpc) is 3.15. The summed E-state index contributed by atoms with van der Waals surface area (Å²) in [6.07, 6.45) is 0.788. The molecule has 0 unspecified atom stereocenters. The normalized spacial score (nSPS) is 16.0. The molecule has 1 aromatic heterocycles. The predicted octanol–water partition coefficient (Wildman–Crippen LogP) is 2.08. The number of hydrogen-bond donors (Lipinski definition) is 1. The standard InChI is InChI=1S/C20H21N5O2/c1-14-6-8-16(9-7-14)20-22-24-25(23-20)13-19(26)21-12-18-17-5-3-2-4-15(17)10-11-27-18/h2-9,18H,10-13H2,1H3,(H,21,26)/t18-/m1/s1. The minimum Gasteiger partial charge on any atom is -0.371 e. The summed E-state index contributed by atoms with van der Waals surface area (Å²) in [6, 6.07) is 16.0. The zero-order valence-corrected chi connectivity index (χ0v) is 15.1. The van der Waals surface area contributed by atoms with Crippen molar-refractivity contribution in [3.05, 3.63) is 65.2 Å². The van der Waals surface area contributed by atoms with E-state index in [0.29, 0.717) is 19.0 Å². The number of nitrogens with zero attached hydrogens (tertiary/aromatic N) is 4. The zero-order chi connectivity index (χ0) is 18.6. The van der Waals surface area contributed by atoms with Gasteiger partial charge in [0.25, 0.3) is 0 Å². The van der Waals surface area contributed by atoms with Gasteiger partial charge < -0.3 is 10.1 Å². The van der Waals surface area contributed by atoms with Crippen molar-refractivity contribution in [1.29, 1.82) is 0 Å². The van der Waals surface area contributed by atoms with Crippen molar-refractivity contribution in [1.82, 2.24) is 25.5 Å². The molecule has 0 spiro atoms. The van der Waals surface area contributed by atoms with Crippen LogP contribution in [0.5, 0.6) is 0 Å². The molecule has 1 aliphatic heterocycles. The molecule has 2 heterocycles. The highest BCUT2D eigenvalue weighted by Crippen LogP contribution is 2.26. The summed E-state index contributed by atoms with van der Waals surface area (Å²) in [5.74, 6) is 0.335. The average molecular weight is 363 g/mol. The summed E-state index contributed by atoms with van der Waals surface area (Å²) >= 11 is 0. The van der Waals surface area contributed by atoms with Gasteiger partial charge in [0, 0.05) is 12.1 Å². The number of aromatic nitrogens is 4. The third-order valence-corrected chi connectivity index (χ3v) is 4.62. The first-order chi connectivity index (χ1) is 13.2. The number of aryl methyl sites for hydroxylation is 1. The van der Waals surface area contributed by atoms with Gasteiger partial charge in [0.05, 0.1) is 6.61 Å². The van der Waals surface area contributed by atoms with Crippen molar-refractivity contribution in [3.8, 4) is 11.4 Å². The number of tetrazole rings is 1. The van der Waals surface area contributed by atoms with Gasteiger partial charge in [0.1, 0.15) is 12.6 Å². The first-order valence-corrected chi connectivity index (χ1v) is 9.00. The lowest BCUT2D eigenvalue weighted by Crippen LogP contribution is -2.34. The van der Waals surface area contributed by atoms with Crippen LogP contribution in [0, 0.1) is 6.92 Å². The third-order valence-electron chi connectivity index (χ3n) is 4.62. The SMILES string of the molecule is Cc1ccc(-c2nnn(CC(=O)NC[C@H]3OCCc4ccccc43)n2)cc1. The molecule has 0 aliphatic carbocycles. The van der Waals surface area contributed by atoms with Gasteiger partial charge in [-0.15, -0.1) is 10.2 Å². The van der Waals surface area contributed by atoms with Gasteiger partial charge >= 0.3 is 0 Å². The Balaban J connectivity index is 1.35. The Labute approximate surface area is 157 Å². The molecule has 0 bridgehead atoms. The van der Waals surface area contributed by atoms with Gasteiger partial charge in [-0.25, -0.2) is 0 Å². The van der Waals surface area contributed by atoms with Crippen LogP contribution in [0.3, 0.4) is 0 Å². The Morgan fingerprint density at radius 1 is 1.22 bits per heavy atom. The van der Waals surface area contributed by atoms with E-state index in [0.717, 1.165) is 23.1 Å². The largest absolute Gasteiger partial charge is 0.371 e. The fraction of sp³-hybridized carbons (Fsp3) is 0.300. The summed E-state index contributed by atoms with van der Waals surface area (Å²) in [7, 11) is 0. The van der Waals surface area contributed by atoms with Crippen molar-refractivity contribution in [2.24, 2.45) is 0 Å². The number of benzene rings is 2. The molecule has 2 aromatic carbocycles. The molecule has 0 saturated heterocycles. The molecule has 7 heteroatoms. The zero-order valence-electron chi connectivity index (χ0n) is 15.1. The van der Waals surface area contributed by atoms with E-state index in [1.54, 1.807) is 0 Å². The minimum atomic E-state index is -0.172. The van der Waals surface area contributed by atoms with Crippen LogP contribution in [0.15, 0.2) is 48.5 Å². The van der Waals surface area contributed by atoms with E-state index in [9.17, 15) is 4.79 Å². The van der Waals surface area contributed by atoms with Crippen LogP contribution in [-0.4, -0.2) is 39.3 Å². The lowest BCUT2D eigenvalue weighted by Gasteiger charge is -2.26. The Hall–Kier alpha value is -3.06. The Bertz CT molecular complexity index is 936. The first-order valence-electron chi connectivity index (χ1n) is 9.00. The molecule has 7 nitrogen and oxygen atoms in total. The van der Waals surface area contributed by atoms with Crippen LogP contribution in [0.25, 0.3) is 11.4 Å². The molecule has 27 heavy (non-hydrogen) atoms. The van der Waals surface area contributed by atoms with Crippen LogP contribution < -0.4 is 5.32 Å². The molecule has 0 radical (unpaired) electrons. The van der Waals surface area contributed by atoms with E-state index in [1.807, 2.05) is 43.3 Å². The fourth-order valence-corrected chi connectivity index (χ4v) is 3.17. The maximum absolute atomic E-state index is 12.3. The molecular formula is C20H21N5O2. The highest BCUT2D eigenvalue weighted by atomic mass is 16.5. The van der Waals surface area contributed by atoms with Crippen LogP contribution in [0.1, 0.15) is 22.8 Å². The molecular weight excluding hydrogens is 342 g/mol. The first kappa shape index (κ1) is 17.4. The topological polar surface area (TPSA) is 81.9 Å². The monoisotopic (exact) mass is 363 g/mol. The van der Waals surface area contributed by atoms with Gasteiger partial charge in [-0.05, 0) is 29.7 Å². The highest BCUT2D eigenvalue weighted by molar-refractivity contribution is 5.75. The van der Waals surface area contributed by atoms with Crippen molar-refractivity contribution in [2.75, 3.05) is 13.2 Å². The second kappa shape index (κ2) is 7.67. The summed E-state index contributed by atoms with van der Waals surface area (Å²) in [6.45, 7) is 3.14. The van der Waals surface area contributed by atoms with Crippen molar-refractivity contribution >= 4 is 5.91 Å². The van der Waals surface area contributed by atoms with Crippen LogP contribution in [0.4, 0.5) is 0 Å². The molecule has 1 aliphatic rings. The number of carbonyl (C=O) groups excluding carboxylic acids is 1. The van der Waals surface area contributed by atoms with Crippen LogP contribution >= 0.6 is 0 Å². The van der Waals surface area contributed by atoms with Crippen LogP contribution in [-0.2, 0) is 22.5 Å².